The van der Waals surface area contributed by atoms with Gasteiger partial charge in [-0.25, -0.2) is 0 Å². The van der Waals surface area contributed by atoms with E-state index in [2.05, 4.69) is 13.8 Å². The van der Waals surface area contributed by atoms with Crippen molar-refractivity contribution in [2.24, 2.45) is 40.4 Å². The van der Waals surface area contributed by atoms with E-state index in [-0.39, 0.29) is 17.8 Å². The largest absolute Gasteiger partial charge is 0.481 e. The Morgan fingerprint density at radius 3 is 2.56 bits per heavy atom. The maximum atomic E-state index is 13.2. The average Bonchev–Trinajstić information content (AvgIpc) is 2.90. The van der Waals surface area contributed by atoms with Gasteiger partial charge in [0.1, 0.15) is 5.78 Å². The van der Waals surface area contributed by atoms with Crippen molar-refractivity contribution in [1.29, 1.82) is 0 Å². The lowest BCUT2D eigenvalue weighted by Crippen LogP contribution is -2.56. The molecule has 5 unspecified atom stereocenters. The number of ketones is 1. The maximum Gasteiger partial charge on any atom is 0.303 e. The molecule has 0 aromatic rings. The van der Waals surface area contributed by atoms with Crippen LogP contribution >= 0.6 is 0 Å². The Morgan fingerprint density at radius 2 is 1.80 bits per heavy atom. The van der Waals surface area contributed by atoms with Crippen LogP contribution in [0, 0.1) is 40.4 Å². The maximum absolute atomic E-state index is 13.2. The van der Waals surface area contributed by atoms with Crippen LogP contribution in [0.4, 0.5) is 0 Å². The quantitative estimate of drug-likeness (QED) is 0.775. The van der Waals surface area contributed by atoms with Gasteiger partial charge in [0.05, 0.1) is 0 Å². The molecule has 7 atom stereocenters. The first-order chi connectivity index (χ1) is 11.9. The summed E-state index contributed by atoms with van der Waals surface area (Å²) in [5.41, 5.74) is 0.585. The number of carbonyl (C=O) groups is 2. The third-order valence-electron chi connectivity index (χ3n) is 9.29. The lowest BCUT2D eigenvalue weighted by atomic mass is 9.44. The lowest BCUT2D eigenvalue weighted by Gasteiger charge is -2.59. The fraction of sp³-hybridized carbons (Fsp3) is 0.909. The van der Waals surface area contributed by atoms with Crippen molar-refractivity contribution in [2.75, 3.05) is 0 Å². The number of rotatable bonds is 3. The van der Waals surface area contributed by atoms with Gasteiger partial charge in [-0.2, -0.15) is 0 Å². The van der Waals surface area contributed by atoms with Gasteiger partial charge >= 0.3 is 5.97 Å². The van der Waals surface area contributed by atoms with Gasteiger partial charge in [0.15, 0.2) is 0 Å². The zero-order chi connectivity index (χ0) is 17.8. The Hall–Kier alpha value is -0.860. The number of carboxylic acid groups (broad SMARTS) is 1. The van der Waals surface area contributed by atoms with E-state index in [1.807, 2.05) is 0 Å². The van der Waals surface area contributed by atoms with Gasteiger partial charge < -0.3 is 5.11 Å². The van der Waals surface area contributed by atoms with Crippen LogP contribution in [0.1, 0.15) is 84.5 Å². The second-order valence-electron chi connectivity index (χ2n) is 10.1. The van der Waals surface area contributed by atoms with Crippen LogP contribution in [-0.4, -0.2) is 16.9 Å². The molecular formula is C22H34O3. The number of aliphatic carboxylic acids is 1. The van der Waals surface area contributed by atoms with E-state index in [1.54, 1.807) is 0 Å². The summed E-state index contributed by atoms with van der Waals surface area (Å²) in [7, 11) is 0. The highest BCUT2D eigenvalue weighted by Gasteiger charge is 2.61. The minimum absolute atomic E-state index is 0.199. The summed E-state index contributed by atoms with van der Waals surface area (Å²) in [5, 5.41) is 9.09. The van der Waals surface area contributed by atoms with Crippen LogP contribution in [0.25, 0.3) is 0 Å². The minimum atomic E-state index is -0.674. The first kappa shape index (κ1) is 17.5. The van der Waals surface area contributed by atoms with Crippen molar-refractivity contribution in [1.82, 2.24) is 0 Å². The van der Waals surface area contributed by atoms with Gasteiger partial charge in [-0.15, -0.1) is 0 Å². The summed E-state index contributed by atoms with van der Waals surface area (Å²) >= 11 is 0. The summed E-state index contributed by atoms with van der Waals surface area (Å²) in [6, 6.07) is 0. The van der Waals surface area contributed by atoms with E-state index in [4.69, 9.17) is 5.11 Å². The summed E-state index contributed by atoms with van der Waals surface area (Å²) in [4.78, 5) is 24.2. The van der Waals surface area contributed by atoms with E-state index in [0.29, 0.717) is 34.9 Å². The van der Waals surface area contributed by atoms with Crippen molar-refractivity contribution in [3.63, 3.8) is 0 Å². The predicted molar refractivity (Wildman–Crippen MR) is 97.1 cm³/mol. The molecule has 4 aliphatic carbocycles. The molecule has 0 bridgehead atoms. The van der Waals surface area contributed by atoms with Crippen LogP contribution in [-0.2, 0) is 9.59 Å². The third kappa shape index (κ3) is 2.59. The monoisotopic (exact) mass is 346 g/mol. The van der Waals surface area contributed by atoms with E-state index in [0.717, 1.165) is 25.7 Å². The second kappa shape index (κ2) is 6.09. The van der Waals surface area contributed by atoms with Crippen LogP contribution in [0.15, 0.2) is 0 Å². The Balaban J connectivity index is 1.59. The minimum Gasteiger partial charge on any atom is -0.481 e. The average molecular weight is 347 g/mol. The molecule has 4 aliphatic rings. The smallest absolute Gasteiger partial charge is 0.303 e. The van der Waals surface area contributed by atoms with E-state index >= 15 is 0 Å². The molecule has 3 nitrogen and oxygen atoms in total. The van der Waals surface area contributed by atoms with Gasteiger partial charge in [0.25, 0.3) is 0 Å². The van der Waals surface area contributed by atoms with Crippen LogP contribution in [0.2, 0.25) is 0 Å². The molecule has 0 radical (unpaired) electrons. The highest BCUT2D eigenvalue weighted by Crippen LogP contribution is 2.67. The van der Waals surface area contributed by atoms with E-state index < -0.39 is 5.97 Å². The number of hydrogen-bond donors (Lipinski definition) is 1. The van der Waals surface area contributed by atoms with Gasteiger partial charge in [-0.1, -0.05) is 26.7 Å². The highest BCUT2D eigenvalue weighted by molar-refractivity contribution is 5.83. The zero-order valence-corrected chi connectivity index (χ0v) is 15.9. The van der Waals surface area contributed by atoms with Gasteiger partial charge in [-0.05, 0) is 79.4 Å². The van der Waals surface area contributed by atoms with Gasteiger partial charge in [-0.3, -0.25) is 9.59 Å². The molecule has 0 aliphatic heterocycles. The fourth-order valence-corrected chi connectivity index (χ4v) is 7.84. The molecule has 0 amide bonds. The van der Waals surface area contributed by atoms with Crippen molar-refractivity contribution in [2.45, 2.75) is 84.5 Å². The Labute approximate surface area is 151 Å². The SMILES string of the molecule is CC12CCC3C(C(=O)C[C@@H]4CCCC[C@]34C)C1CCC2CCC(=O)O. The summed E-state index contributed by atoms with van der Waals surface area (Å²) in [5.74, 6) is 2.39. The van der Waals surface area contributed by atoms with E-state index in [9.17, 15) is 9.59 Å². The molecule has 4 rings (SSSR count). The van der Waals surface area contributed by atoms with Crippen molar-refractivity contribution in [3.8, 4) is 0 Å². The zero-order valence-electron chi connectivity index (χ0n) is 15.9. The third-order valence-corrected chi connectivity index (χ3v) is 9.29. The summed E-state index contributed by atoms with van der Waals surface area (Å²) < 4.78 is 0. The Bertz CT molecular complexity index is 570. The first-order valence-electron chi connectivity index (χ1n) is 10.6. The molecule has 4 fully saturated rings. The number of carboxylic acids is 1. The number of carbonyl (C=O) groups excluding carboxylic acids is 1. The second-order valence-corrected chi connectivity index (χ2v) is 10.1. The topological polar surface area (TPSA) is 54.4 Å². The molecule has 3 heteroatoms. The molecule has 4 saturated carbocycles. The number of fused-ring (bicyclic) bond motifs is 5. The summed E-state index contributed by atoms with van der Waals surface area (Å²) in [6.45, 7) is 4.89. The van der Waals surface area contributed by atoms with Crippen molar-refractivity contribution < 1.29 is 14.7 Å². The molecular weight excluding hydrogens is 312 g/mol. The van der Waals surface area contributed by atoms with Gasteiger partial charge in [0.2, 0.25) is 0 Å². The van der Waals surface area contributed by atoms with Gasteiger partial charge in [0, 0.05) is 18.8 Å². The Morgan fingerprint density at radius 1 is 1.04 bits per heavy atom. The highest BCUT2D eigenvalue weighted by atomic mass is 16.4. The van der Waals surface area contributed by atoms with Crippen LogP contribution < -0.4 is 0 Å². The molecule has 0 spiro atoms. The lowest BCUT2D eigenvalue weighted by molar-refractivity contribution is -0.156. The number of Topliss-reactive ketones (excluding diaryl/α,β-unsaturated/α-hetero) is 1. The first-order valence-corrected chi connectivity index (χ1v) is 10.6. The molecule has 0 heterocycles. The standard InChI is InChI=1S/C22H34O3/c1-21-11-4-3-5-15(21)13-18(23)20-16-8-6-14(7-9-19(24)25)22(16,2)12-10-17(20)21/h14-17,20H,3-13H2,1-2H3,(H,24,25)/t14?,15-,16?,17?,20?,21-,22?/m0/s1. The molecule has 1 N–H and O–H groups in total. The molecule has 0 saturated heterocycles. The van der Waals surface area contributed by atoms with Crippen molar-refractivity contribution >= 4 is 11.8 Å². The fourth-order valence-electron chi connectivity index (χ4n) is 7.84. The van der Waals surface area contributed by atoms with Crippen LogP contribution in [0.5, 0.6) is 0 Å². The normalized spacial score (nSPS) is 49.2. The van der Waals surface area contributed by atoms with Crippen LogP contribution in [0.3, 0.4) is 0 Å². The molecule has 0 aromatic heterocycles. The molecule has 140 valence electrons. The van der Waals surface area contributed by atoms with E-state index in [1.165, 1.54) is 38.5 Å². The molecule has 0 aromatic carbocycles. The molecule has 25 heavy (non-hydrogen) atoms. The number of hydrogen-bond acceptors (Lipinski definition) is 2. The Kier molecular flexibility index (Phi) is 4.28. The van der Waals surface area contributed by atoms with Crippen molar-refractivity contribution in [3.05, 3.63) is 0 Å². The predicted octanol–water partition coefficient (Wildman–Crippen LogP) is 5.08. The summed E-state index contributed by atoms with van der Waals surface area (Å²) in [6.07, 6.45) is 11.8.